The lowest BCUT2D eigenvalue weighted by atomic mass is 10.1. The topological polar surface area (TPSA) is 26.5 Å². The van der Waals surface area contributed by atoms with Crippen LogP contribution in [0.25, 0.3) is 10.9 Å². The highest BCUT2D eigenvalue weighted by Crippen LogP contribution is 2.21. The summed E-state index contributed by atoms with van der Waals surface area (Å²) in [7, 11) is 1.57. The summed E-state index contributed by atoms with van der Waals surface area (Å²) >= 11 is 0. The average Bonchev–Trinajstić information content (AvgIpc) is 2.68. The molecule has 0 radical (unpaired) electrons. The zero-order valence-electron chi connectivity index (χ0n) is 9.90. The van der Waals surface area contributed by atoms with Gasteiger partial charge in [-0.2, -0.15) is 0 Å². The lowest BCUT2D eigenvalue weighted by Crippen LogP contribution is -1.94. The predicted molar refractivity (Wildman–Crippen MR) is 66.8 cm³/mol. The Balaban J connectivity index is 2.66. The van der Waals surface area contributed by atoms with Gasteiger partial charge in [0.1, 0.15) is 7.11 Å². The summed E-state index contributed by atoms with van der Waals surface area (Å²) in [5.74, 6) is 0. The molecule has 0 saturated heterocycles. The Labute approximate surface area is 95.3 Å². The van der Waals surface area contributed by atoms with Gasteiger partial charge in [-0.05, 0) is 19.9 Å². The summed E-state index contributed by atoms with van der Waals surface area (Å²) in [6, 6.07) is 8.35. The van der Waals surface area contributed by atoms with Crippen LogP contribution in [0.2, 0.25) is 0 Å². The second-order valence-electron chi connectivity index (χ2n) is 3.71. The Morgan fingerprint density at radius 2 is 2.12 bits per heavy atom. The van der Waals surface area contributed by atoms with Crippen molar-refractivity contribution in [2.75, 3.05) is 7.11 Å². The summed E-state index contributed by atoms with van der Waals surface area (Å²) < 4.78 is 2.22. The molecule has 1 heterocycles. The Morgan fingerprint density at radius 1 is 1.38 bits per heavy atom. The fourth-order valence-electron chi connectivity index (χ4n) is 1.98. The minimum atomic E-state index is 0.908. The molecule has 1 aromatic carbocycles. The van der Waals surface area contributed by atoms with Crippen molar-refractivity contribution in [1.29, 1.82) is 0 Å². The third-order valence-electron chi connectivity index (χ3n) is 2.75. The van der Waals surface area contributed by atoms with Crippen LogP contribution in [-0.2, 0) is 11.4 Å². The van der Waals surface area contributed by atoms with Crippen LogP contribution in [0.4, 0.5) is 0 Å². The van der Waals surface area contributed by atoms with Gasteiger partial charge in [-0.3, -0.25) is 0 Å². The third kappa shape index (κ3) is 1.69. The van der Waals surface area contributed by atoms with Crippen LogP contribution >= 0.6 is 0 Å². The van der Waals surface area contributed by atoms with Crippen molar-refractivity contribution in [2.24, 2.45) is 5.16 Å². The fourth-order valence-corrected chi connectivity index (χ4v) is 1.98. The molecule has 0 atom stereocenters. The molecule has 0 saturated carbocycles. The first kappa shape index (κ1) is 10.7. The van der Waals surface area contributed by atoms with Crippen molar-refractivity contribution >= 4 is 16.6 Å². The van der Waals surface area contributed by atoms with E-state index in [2.05, 4.69) is 41.0 Å². The Bertz CT molecular complexity index is 526. The zero-order valence-corrected chi connectivity index (χ0v) is 9.90. The van der Waals surface area contributed by atoms with Crippen LogP contribution in [0.5, 0.6) is 0 Å². The first-order chi connectivity index (χ1) is 7.77. The lowest BCUT2D eigenvalue weighted by molar-refractivity contribution is 0.213. The Morgan fingerprint density at radius 3 is 2.81 bits per heavy atom. The van der Waals surface area contributed by atoms with Crippen molar-refractivity contribution < 1.29 is 4.84 Å². The van der Waals surface area contributed by atoms with Gasteiger partial charge in [-0.15, -0.1) is 0 Å². The molecule has 2 aromatic rings. The molecule has 0 N–H and O–H groups in total. The second-order valence-corrected chi connectivity index (χ2v) is 3.71. The Kier molecular flexibility index (Phi) is 2.95. The number of oxime groups is 1. The number of aromatic nitrogens is 1. The summed E-state index contributed by atoms with van der Waals surface area (Å²) in [6.07, 6.45) is 2.13. The largest absolute Gasteiger partial charge is 0.399 e. The van der Waals surface area contributed by atoms with Gasteiger partial charge in [0.15, 0.2) is 0 Å². The number of hydrogen-bond acceptors (Lipinski definition) is 2. The van der Waals surface area contributed by atoms with Gasteiger partial charge in [0.05, 0.1) is 5.71 Å². The first-order valence-electron chi connectivity index (χ1n) is 5.44. The molecule has 3 nitrogen and oxygen atoms in total. The molecule has 3 heteroatoms. The third-order valence-corrected chi connectivity index (χ3v) is 2.75. The molecule has 84 valence electrons. The molecule has 1 aromatic heterocycles. The van der Waals surface area contributed by atoms with E-state index < -0.39 is 0 Å². The quantitative estimate of drug-likeness (QED) is 0.572. The summed E-state index contributed by atoms with van der Waals surface area (Å²) in [6.45, 7) is 5.06. The molecule has 2 rings (SSSR count). The van der Waals surface area contributed by atoms with E-state index >= 15 is 0 Å². The highest BCUT2D eigenvalue weighted by Gasteiger charge is 2.09. The van der Waals surface area contributed by atoms with Gasteiger partial charge in [0, 0.05) is 29.2 Å². The Hall–Kier alpha value is -1.77. The van der Waals surface area contributed by atoms with Crippen LogP contribution in [0.15, 0.2) is 35.6 Å². The molecule has 0 aliphatic heterocycles. The maximum absolute atomic E-state index is 4.83. The second kappa shape index (κ2) is 4.39. The number of nitrogens with zero attached hydrogens (tertiary/aromatic N) is 2. The van der Waals surface area contributed by atoms with Crippen molar-refractivity contribution in [3.05, 3.63) is 36.0 Å². The highest BCUT2D eigenvalue weighted by atomic mass is 16.6. The molecule has 0 spiro atoms. The van der Waals surface area contributed by atoms with Gasteiger partial charge in [0.2, 0.25) is 0 Å². The number of fused-ring (bicyclic) bond motifs is 1. The maximum Gasteiger partial charge on any atom is 0.106 e. The van der Waals surface area contributed by atoms with E-state index in [0.29, 0.717) is 0 Å². The maximum atomic E-state index is 4.83. The monoisotopic (exact) mass is 216 g/mol. The molecule has 0 aliphatic carbocycles. The number of para-hydroxylation sites is 1. The number of rotatable bonds is 3. The molecular weight excluding hydrogens is 200 g/mol. The standard InChI is InChI=1S/C13H16N2O/c1-4-15-9-12(10(2)14-16-3)11-7-5-6-8-13(11)15/h5-9H,4H2,1-3H3. The van der Waals surface area contributed by atoms with Crippen LogP contribution in [0.3, 0.4) is 0 Å². The van der Waals surface area contributed by atoms with Crippen molar-refractivity contribution in [3.8, 4) is 0 Å². The van der Waals surface area contributed by atoms with Gasteiger partial charge in [-0.1, -0.05) is 23.4 Å². The zero-order chi connectivity index (χ0) is 11.5. The number of hydrogen-bond donors (Lipinski definition) is 0. The van der Waals surface area contributed by atoms with Crippen LogP contribution in [0, 0.1) is 0 Å². The average molecular weight is 216 g/mol. The molecule has 16 heavy (non-hydrogen) atoms. The first-order valence-corrected chi connectivity index (χ1v) is 5.44. The summed E-state index contributed by atoms with van der Waals surface area (Å²) in [5, 5.41) is 5.22. The van der Waals surface area contributed by atoms with Gasteiger partial charge < -0.3 is 9.40 Å². The minimum absolute atomic E-state index is 0.908. The normalized spacial score (nSPS) is 12.1. The van der Waals surface area contributed by atoms with E-state index in [1.807, 2.05) is 13.0 Å². The molecule has 0 aliphatic rings. The SMILES string of the molecule is CCn1cc(C(C)=NOC)c2ccccc21. The predicted octanol–water partition coefficient (Wildman–Crippen LogP) is 3.03. The van der Waals surface area contributed by atoms with Gasteiger partial charge in [0.25, 0.3) is 0 Å². The van der Waals surface area contributed by atoms with Crippen LogP contribution in [-0.4, -0.2) is 17.4 Å². The molecule has 0 unspecified atom stereocenters. The van der Waals surface area contributed by atoms with Crippen molar-refractivity contribution in [3.63, 3.8) is 0 Å². The van der Waals surface area contributed by atoms with Crippen molar-refractivity contribution in [2.45, 2.75) is 20.4 Å². The smallest absolute Gasteiger partial charge is 0.106 e. The fraction of sp³-hybridized carbons (Fsp3) is 0.308. The van der Waals surface area contributed by atoms with Gasteiger partial charge >= 0.3 is 0 Å². The molecule has 0 fully saturated rings. The number of aryl methyl sites for hydroxylation is 1. The van der Waals surface area contributed by atoms with E-state index in [9.17, 15) is 0 Å². The van der Waals surface area contributed by atoms with Crippen LogP contribution in [0.1, 0.15) is 19.4 Å². The van der Waals surface area contributed by atoms with E-state index in [4.69, 9.17) is 4.84 Å². The van der Waals surface area contributed by atoms with Crippen LogP contribution < -0.4 is 0 Å². The van der Waals surface area contributed by atoms with E-state index in [0.717, 1.165) is 17.8 Å². The van der Waals surface area contributed by atoms with Gasteiger partial charge in [-0.25, -0.2) is 0 Å². The highest BCUT2D eigenvalue weighted by molar-refractivity contribution is 6.09. The summed E-state index contributed by atoms with van der Waals surface area (Å²) in [5.41, 5.74) is 3.29. The van der Waals surface area contributed by atoms with Crippen molar-refractivity contribution in [1.82, 2.24) is 4.57 Å². The van der Waals surface area contributed by atoms with E-state index in [1.54, 1.807) is 7.11 Å². The molecular formula is C13H16N2O. The lowest BCUT2D eigenvalue weighted by Gasteiger charge is -1.98. The minimum Gasteiger partial charge on any atom is -0.399 e. The number of benzene rings is 1. The molecule has 0 bridgehead atoms. The van der Waals surface area contributed by atoms with E-state index in [1.165, 1.54) is 10.9 Å². The molecule has 0 amide bonds. The summed E-state index contributed by atoms with van der Waals surface area (Å²) in [4.78, 5) is 4.83. The van der Waals surface area contributed by atoms with E-state index in [-0.39, 0.29) is 0 Å².